The fourth-order valence-corrected chi connectivity index (χ4v) is 6.16. The number of para-hydroxylation sites is 2. The van der Waals surface area contributed by atoms with E-state index in [1.165, 1.54) is 12.1 Å². The summed E-state index contributed by atoms with van der Waals surface area (Å²) in [7, 11) is -4.15. The van der Waals surface area contributed by atoms with Crippen LogP contribution in [0.2, 0.25) is 0 Å². The number of anilines is 2. The zero-order valence-corrected chi connectivity index (χ0v) is 23.9. The van der Waals surface area contributed by atoms with E-state index in [0.717, 1.165) is 22.3 Å². The van der Waals surface area contributed by atoms with Gasteiger partial charge in [0.1, 0.15) is 0 Å². The Balaban J connectivity index is 1.63. The van der Waals surface area contributed by atoms with E-state index in [9.17, 15) is 18.0 Å². The van der Waals surface area contributed by atoms with Gasteiger partial charge in [-0.1, -0.05) is 98.1 Å². The predicted octanol–water partition coefficient (Wildman–Crippen LogP) is 6.78. The molecule has 0 aliphatic carbocycles. The summed E-state index contributed by atoms with van der Waals surface area (Å²) in [4.78, 5) is 25.9. The Kier molecular flexibility index (Phi) is 9.00. The van der Waals surface area contributed by atoms with E-state index in [4.69, 9.17) is 0 Å². The molecule has 0 saturated carbocycles. The van der Waals surface area contributed by atoms with Crippen molar-refractivity contribution in [2.24, 2.45) is 0 Å². The minimum absolute atomic E-state index is 0.0473. The Morgan fingerprint density at radius 3 is 1.34 bits per heavy atom. The second-order valence-corrected chi connectivity index (χ2v) is 11.6. The lowest BCUT2D eigenvalue weighted by Crippen LogP contribution is -2.20. The molecular weight excluding hydrogens is 532 g/mol. The zero-order valence-electron chi connectivity index (χ0n) is 23.1. The highest BCUT2D eigenvalue weighted by molar-refractivity contribution is 7.91. The van der Waals surface area contributed by atoms with Gasteiger partial charge in [0.25, 0.3) is 0 Å². The maximum atomic E-state index is 14.1. The summed E-state index contributed by atoms with van der Waals surface area (Å²) in [5.74, 6) is -0.690. The van der Waals surface area contributed by atoms with Crippen LogP contribution < -0.4 is 10.6 Å². The molecule has 0 fully saturated rings. The van der Waals surface area contributed by atoms with E-state index in [1.807, 2.05) is 48.5 Å². The van der Waals surface area contributed by atoms with E-state index in [1.54, 1.807) is 50.3 Å². The van der Waals surface area contributed by atoms with Gasteiger partial charge >= 0.3 is 0 Å². The number of rotatable bonds is 10. The van der Waals surface area contributed by atoms with Crippen LogP contribution in [0, 0.1) is 13.8 Å². The summed E-state index contributed by atoms with van der Waals surface area (Å²) in [5, 5.41) is 5.63. The van der Waals surface area contributed by atoms with Crippen LogP contribution in [0.5, 0.6) is 0 Å². The highest BCUT2D eigenvalue weighted by Crippen LogP contribution is 2.35. The van der Waals surface area contributed by atoms with Crippen molar-refractivity contribution in [1.82, 2.24) is 0 Å². The molecule has 0 aliphatic rings. The molecule has 41 heavy (non-hydrogen) atoms. The summed E-state index contributed by atoms with van der Waals surface area (Å²) in [6.45, 7) is 10.9. The molecule has 0 aromatic heterocycles. The first-order valence-corrected chi connectivity index (χ1v) is 14.6. The molecule has 0 saturated heterocycles. The van der Waals surface area contributed by atoms with Gasteiger partial charge in [-0.3, -0.25) is 9.59 Å². The van der Waals surface area contributed by atoms with Gasteiger partial charge in [0.2, 0.25) is 21.7 Å². The smallest absolute Gasteiger partial charge is 0.228 e. The van der Waals surface area contributed by atoms with E-state index in [-0.39, 0.29) is 45.8 Å². The van der Waals surface area contributed by atoms with Crippen LogP contribution in [0.3, 0.4) is 0 Å². The van der Waals surface area contributed by atoms with Gasteiger partial charge < -0.3 is 10.6 Å². The summed E-state index contributed by atoms with van der Waals surface area (Å²) in [6.07, 6.45) is 3.59. The molecular formula is C34H32N2O4S. The average molecular weight is 565 g/mol. The van der Waals surface area contributed by atoms with E-state index >= 15 is 0 Å². The maximum absolute atomic E-state index is 14.1. The van der Waals surface area contributed by atoms with Crippen molar-refractivity contribution >= 4 is 45.2 Å². The number of carbonyl (C=O) groups is 2. The predicted molar refractivity (Wildman–Crippen MR) is 166 cm³/mol. The number of aryl methyl sites for hydroxylation is 2. The van der Waals surface area contributed by atoms with Gasteiger partial charge in [0.15, 0.2) is 0 Å². The van der Waals surface area contributed by atoms with Crippen molar-refractivity contribution in [2.45, 2.75) is 36.5 Å². The third kappa shape index (κ3) is 6.88. The SMILES string of the molecule is C=Cc1ccc(CC(=O)Nc2c(C)cccc2S(=O)(=O)c2cccc(C)c2NC(=O)Cc2ccc(C=C)cc2)cc1. The summed E-state index contributed by atoms with van der Waals surface area (Å²) in [5.41, 5.74) is 5.07. The van der Waals surface area contributed by atoms with Crippen LogP contribution in [0.4, 0.5) is 11.4 Å². The lowest BCUT2D eigenvalue weighted by molar-refractivity contribution is -0.116. The number of benzene rings is 4. The molecule has 7 heteroatoms. The Bertz CT molecular complexity index is 1600. The van der Waals surface area contributed by atoms with Gasteiger partial charge in [0, 0.05) is 0 Å². The van der Waals surface area contributed by atoms with Crippen LogP contribution in [0.1, 0.15) is 33.4 Å². The first kappa shape index (κ1) is 29.2. The number of hydrogen-bond acceptors (Lipinski definition) is 4. The van der Waals surface area contributed by atoms with Crippen molar-refractivity contribution < 1.29 is 18.0 Å². The highest BCUT2D eigenvalue weighted by Gasteiger charge is 2.27. The Morgan fingerprint density at radius 1 is 0.634 bits per heavy atom. The molecule has 0 heterocycles. The van der Waals surface area contributed by atoms with Crippen LogP contribution in [0.15, 0.2) is 108 Å². The molecule has 0 atom stereocenters. The van der Waals surface area contributed by atoms with Crippen LogP contribution >= 0.6 is 0 Å². The van der Waals surface area contributed by atoms with Gasteiger partial charge in [-0.05, 0) is 59.4 Å². The number of sulfone groups is 1. The van der Waals surface area contributed by atoms with Gasteiger partial charge in [-0.15, -0.1) is 0 Å². The third-order valence-corrected chi connectivity index (χ3v) is 8.58. The van der Waals surface area contributed by atoms with Crippen molar-refractivity contribution in [3.8, 4) is 0 Å². The van der Waals surface area contributed by atoms with E-state index in [0.29, 0.717) is 11.1 Å². The van der Waals surface area contributed by atoms with Crippen LogP contribution in [-0.4, -0.2) is 20.2 Å². The normalized spacial score (nSPS) is 11.0. The summed E-state index contributed by atoms with van der Waals surface area (Å²) in [6, 6.07) is 24.5. The molecule has 2 N–H and O–H groups in total. The van der Waals surface area contributed by atoms with Gasteiger partial charge in [-0.2, -0.15) is 0 Å². The minimum atomic E-state index is -4.15. The molecule has 0 unspecified atom stereocenters. The lowest BCUT2D eigenvalue weighted by Gasteiger charge is -2.18. The fraction of sp³-hybridized carbons (Fsp3) is 0.118. The third-order valence-electron chi connectivity index (χ3n) is 6.74. The lowest BCUT2D eigenvalue weighted by atomic mass is 10.1. The Hall–Kier alpha value is -4.75. The van der Waals surface area contributed by atoms with Crippen molar-refractivity contribution in [2.75, 3.05) is 10.6 Å². The number of nitrogens with one attached hydrogen (secondary N) is 2. The van der Waals surface area contributed by atoms with Crippen LogP contribution in [0.25, 0.3) is 12.2 Å². The summed E-state index contributed by atoms with van der Waals surface area (Å²) < 4.78 is 28.2. The van der Waals surface area contributed by atoms with Crippen molar-refractivity contribution in [1.29, 1.82) is 0 Å². The molecule has 6 nitrogen and oxygen atoms in total. The second kappa shape index (κ2) is 12.6. The molecule has 4 aromatic rings. The molecule has 4 rings (SSSR count). The fourth-order valence-electron chi connectivity index (χ4n) is 4.45. The molecule has 0 bridgehead atoms. The van der Waals surface area contributed by atoms with Crippen molar-refractivity contribution in [3.05, 3.63) is 131 Å². The van der Waals surface area contributed by atoms with Crippen LogP contribution in [-0.2, 0) is 32.3 Å². The molecule has 0 spiro atoms. The van der Waals surface area contributed by atoms with Gasteiger partial charge in [-0.25, -0.2) is 8.42 Å². The topological polar surface area (TPSA) is 92.3 Å². The Labute approximate surface area is 241 Å². The molecule has 4 aromatic carbocycles. The summed E-state index contributed by atoms with van der Waals surface area (Å²) >= 11 is 0. The molecule has 2 amide bonds. The quantitative estimate of drug-likeness (QED) is 0.222. The number of amides is 2. The molecule has 0 aliphatic heterocycles. The maximum Gasteiger partial charge on any atom is 0.228 e. The first-order valence-electron chi connectivity index (χ1n) is 13.1. The van der Waals surface area contributed by atoms with Gasteiger partial charge in [0.05, 0.1) is 34.0 Å². The standard InChI is InChI=1S/C34H32N2O4S/c1-5-25-13-17-27(18-14-25)21-31(37)35-33-23(3)9-7-11-29(33)41(39,40)30-12-8-10-24(4)34(30)36-32(38)22-28-19-15-26(6-2)16-20-28/h5-20H,1-2,21-22H2,3-4H3,(H,35,37)(H,36,38). The minimum Gasteiger partial charge on any atom is -0.324 e. The largest absolute Gasteiger partial charge is 0.324 e. The molecule has 208 valence electrons. The van der Waals surface area contributed by atoms with Crippen molar-refractivity contribution in [3.63, 3.8) is 0 Å². The number of carbonyl (C=O) groups excluding carboxylic acids is 2. The monoisotopic (exact) mass is 564 g/mol. The molecule has 0 radical (unpaired) electrons. The second-order valence-electron chi connectivity index (χ2n) is 9.74. The highest BCUT2D eigenvalue weighted by atomic mass is 32.2. The first-order chi connectivity index (χ1) is 19.6. The van der Waals surface area contributed by atoms with E-state index < -0.39 is 9.84 Å². The average Bonchev–Trinajstić information content (AvgIpc) is 2.95. The van der Waals surface area contributed by atoms with E-state index in [2.05, 4.69) is 23.8 Å². The number of hydrogen-bond donors (Lipinski definition) is 2. The Morgan fingerprint density at radius 2 is 1.00 bits per heavy atom. The zero-order chi connectivity index (χ0) is 29.6.